The molecule has 0 saturated heterocycles. The van der Waals surface area contributed by atoms with Crippen molar-refractivity contribution in [3.8, 4) is 11.3 Å². The summed E-state index contributed by atoms with van der Waals surface area (Å²) in [4.78, 5) is 8.61. The van der Waals surface area contributed by atoms with Crippen molar-refractivity contribution in [2.24, 2.45) is 0 Å². The van der Waals surface area contributed by atoms with Crippen LogP contribution in [0.5, 0.6) is 0 Å². The summed E-state index contributed by atoms with van der Waals surface area (Å²) in [6.07, 6.45) is 1.72. The number of hydrogen-bond donors (Lipinski definition) is 0. The number of hydrogen-bond acceptors (Lipinski definition) is 2. The van der Waals surface area contributed by atoms with Gasteiger partial charge in [0.2, 0.25) is 0 Å². The van der Waals surface area contributed by atoms with E-state index in [1.54, 1.807) is 18.3 Å². The van der Waals surface area contributed by atoms with Crippen LogP contribution in [0.1, 0.15) is 11.4 Å². The minimum atomic E-state index is -0.239. The maximum Gasteiger partial charge on any atom is 0.123 e. The first-order valence-corrected chi connectivity index (χ1v) is 4.73. The lowest BCUT2D eigenvalue weighted by Gasteiger charge is -2.04. The Morgan fingerprint density at radius 1 is 1.07 bits per heavy atom. The molecule has 0 fully saturated rings. The van der Waals surface area contributed by atoms with Gasteiger partial charge in [0.1, 0.15) is 5.82 Å². The van der Waals surface area contributed by atoms with Crippen LogP contribution in [0.2, 0.25) is 0 Å². The van der Waals surface area contributed by atoms with Gasteiger partial charge in [-0.1, -0.05) is 0 Å². The smallest absolute Gasteiger partial charge is 0.123 e. The maximum absolute atomic E-state index is 12.7. The highest BCUT2D eigenvalue weighted by Gasteiger charge is 2.04. The van der Waals surface area contributed by atoms with Crippen LogP contribution in [0.4, 0.5) is 4.39 Å². The second-order valence-corrected chi connectivity index (χ2v) is 3.45. The van der Waals surface area contributed by atoms with E-state index in [2.05, 4.69) is 9.97 Å². The number of aryl methyl sites for hydroxylation is 2. The van der Waals surface area contributed by atoms with Crippen molar-refractivity contribution >= 4 is 0 Å². The number of nitrogens with zero attached hydrogens (tertiary/aromatic N) is 2. The lowest BCUT2D eigenvalue weighted by Crippen LogP contribution is -1.94. The molecule has 0 aliphatic carbocycles. The Balaban J connectivity index is 2.53. The molecule has 1 aromatic carbocycles. The van der Waals surface area contributed by atoms with Gasteiger partial charge >= 0.3 is 0 Å². The first kappa shape index (κ1) is 9.77. The van der Waals surface area contributed by atoms with E-state index >= 15 is 0 Å². The van der Waals surface area contributed by atoms with E-state index in [1.165, 1.54) is 12.1 Å². The van der Waals surface area contributed by atoms with Gasteiger partial charge in [-0.2, -0.15) is 0 Å². The third-order valence-corrected chi connectivity index (χ3v) is 2.19. The molecule has 0 aliphatic heterocycles. The SMILES string of the molecule is Cc1cnc(C)c(-c2ccc(F)cc2)n1. The van der Waals surface area contributed by atoms with Crippen molar-refractivity contribution in [2.45, 2.75) is 13.8 Å². The van der Waals surface area contributed by atoms with E-state index in [4.69, 9.17) is 0 Å². The number of halogens is 1. The summed E-state index contributed by atoms with van der Waals surface area (Å²) in [7, 11) is 0. The van der Waals surface area contributed by atoms with Gasteiger partial charge in [0.15, 0.2) is 0 Å². The average molecular weight is 202 g/mol. The molecule has 0 atom stereocenters. The monoisotopic (exact) mass is 202 g/mol. The predicted molar refractivity (Wildman–Crippen MR) is 56.9 cm³/mol. The molecule has 0 amide bonds. The minimum absolute atomic E-state index is 0.239. The summed E-state index contributed by atoms with van der Waals surface area (Å²) in [5.41, 5.74) is 3.42. The van der Waals surface area contributed by atoms with Crippen molar-refractivity contribution in [3.05, 3.63) is 47.7 Å². The molecule has 76 valence electrons. The molecular formula is C12H11FN2. The van der Waals surface area contributed by atoms with Crippen LogP contribution in [-0.2, 0) is 0 Å². The summed E-state index contributed by atoms with van der Waals surface area (Å²) in [6, 6.07) is 6.29. The van der Waals surface area contributed by atoms with Crippen LogP contribution in [0.15, 0.2) is 30.5 Å². The van der Waals surface area contributed by atoms with Gasteiger partial charge in [0, 0.05) is 11.8 Å². The second kappa shape index (κ2) is 3.77. The minimum Gasteiger partial charge on any atom is -0.257 e. The van der Waals surface area contributed by atoms with Gasteiger partial charge in [0.25, 0.3) is 0 Å². The number of aromatic nitrogens is 2. The molecule has 0 unspecified atom stereocenters. The first-order valence-electron chi connectivity index (χ1n) is 4.73. The number of benzene rings is 1. The molecule has 2 rings (SSSR count). The lowest BCUT2D eigenvalue weighted by atomic mass is 10.1. The van der Waals surface area contributed by atoms with E-state index < -0.39 is 0 Å². The van der Waals surface area contributed by atoms with Gasteiger partial charge in [-0.25, -0.2) is 9.37 Å². The molecule has 2 nitrogen and oxygen atoms in total. The van der Waals surface area contributed by atoms with Crippen LogP contribution in [0.25, 0.3) is 11.3 Å². The fraction of sp³-hybridized carbons (Fsp3) is 0.167. The number of rotatable bonds is 1. The summed E-state index contributed by atoms with van der Waals surface area (Å²) in [5.74, 6) is -0.239. The van der Waals surface area contributed by atoms with E-state index in [0.717, 1.165) is 22.6 Å². The molecule has 0 aliphatic rings. The zero-order valence-electron chi connectivity index (χ0n) is 8.66. The Hall–Kier alpha value is -1.77. The molecular weight excluding hydrogens is 191 g/mol. The van der Waals surface area contributed by atoms with E-state index in [0.29, 0.717) is 0 Å². The molecule has 0 bridgehead atoms. The Labute approximate surface area is 87.8 Å². The summed E-state index contributed by atoms with van der Waals surface area (Å²) >= 11 is 0. The first-order chi connectivity index (χ1) is 7.16. The Morgan fingerprint density at radius 2 is 1.73 bits per heavy atom. The summed E-state index contributed by atoms with van der Waals surface area (Å²) in [5, 5.41) is 0. The zero-order chi connectivity index (χ0) is 10.8. The van der Waals surface area contributed by atoms with Gasteiger partial charge in [0.05, 0.1) is 17.1 Å². The van der Waals surface area contributed by atoms with Gasteiger partial charge in [-0.3, -0.25) is 4.98 Å². The average Bonchev–Trinajstić information content (AvgIpc) is 2.23. The van der Waals surface area contributed by atoms with Crippen molar-refractivity contribution in [1.29, 1.82) is 0 Å². The molecule has 0 saturated carbocycles. The van der Waals surface area contributed by atoms with E-state index in [9.17, 15) is 4.39 Å². The van der Waals surface area contributed by atoms with Crippen LogP contribution in [-0.4, -0.2) is 9.97 Å². The Bertz CT molecular complexity index is 477. The van der Waals surface area contributed by atoms with Gasteiger partial charge in [-0.05, 0) is 38.1 Å². The van der Waals surface area contributed by atoms with E-state index in [-0.39, 0.29) is 5.82 Å². The van der Waals surface area contributed by atoms with E-state index in [1.807, 2.05) is 13.8 Å². The third kappa shape index (κ3) is 2.01. The highest BCUT2D eigenvalue weighted by atomic mass is 19.1. The van der Waals surface area contributed by atoms with Crippen LogP contribution in [0, 0.1) is 19.7 Å². The van der Waals surface area contributed by atoms with Gasteiger partial charge in [-0.15, -0.1) is 0 Å². The Kier molecular flexibility index (Phi) is 2.46. The molecule has 1 heterocycles. The highest BCUT2D eigenvalue weighted by molar-refractivity contribution is 5.61. The zero-order valence-corrected chi connectivity index (χ0v) is 8.66. The fourth-order valence-corrected chi connectivity index (χ4v) is 1.42. The molecule has 2 aromatic rings. The molecule has 0 spiro atoms. The quantitative estimate of drug-likeness (QED) is 0.710. The van der Waals surface area contributed by atoms with Crippen LogP contribution >= 0.6 is 0 Å². The van der Waals surface area contributed by atoms with Crippen molar-refractivity contribution in [2.75, 3.05) is 0 Å². The molecule has 0 radical (unpaired) electrons. The third-order valence-electron chi connectivity index (χ3n) is 2.19. The molecule has 3 heteroatoms. The summed E-state index contributed by atoms with van der Waals surface area (Å²) in [6.45, 7) is 3.78. The topological polar surface area (TPSA) is 25.8 Å². The van der Waals surface area contributed by atoms with Crippen molar-refractivity contribution < 1.29 is 4.39 Å². The standard InChI is InChI=1S/C12H11FN2/c1-8-7-14-9(2)12(15-8)10-3-5-11(13)6-4-10/h3-7H,1-2H3. The van der Waals surface area contributed by atoms with Crippen molar-refractivity contribution in [3.63, 3.8) is 0 Å². The Morgan fingerprint density at radius 3 is 2.40 bits per heavy atom. The fourth-order valence-electron chi connectivity index (χ4n) is 1.42. The predicted octanol–water partition coefficient (Wildman–Crippen LogP) is 2.90. The van der Waals surface area contributed by atoms with Crippen LogP contribution in [0.3, 0.4) is 0 Å². The molecule has 15 heavy (non-hydrogen) atoms. The van der Waals surface area contributed by atoms with Crippen LogP contribution < -0.4 is 0 Å². The second-order valence-electron chi connectivity index (χ2n) is 3.45. The van der Waals surface area contributed by atoms with Gasteiger partial charge < -0.3 is 0 Å². The highest BCUT2D eigenvalue weighted by Crippen LogP contribution is 2.19. The summed E-state index contributed by atoms with van der Waals surface area (Å²) < 4.78 is 12.7. The molecule has 1 aromatic heterocycles. The lowest BCUT2D eigenvalue weighted by molar-refractivity contribution is 0.628. The maximum atomic E-state index is 12.7. The normalized spacial score (nSPS) is 10.3. The van der Waals surface area contributed by atoms with Crippen molar-refractivity contribution in [1.82, 2.24) is 9.97 Å². The largest absolute Gasteiger partial charge is 0.257 e. The molecule has 0 N–H and O–H groups in total.